The lowest BCUT2D eigenvalue weighted by atomic mass is 10.1. The lowest BCUT2D eigenvalue weighted by molar-refractivity contribution is -0.142. The van der Waals surface area contributed by atoms with Gasteiger partial charge >= 0.3 is 12.4 Å². The number of rotatable bonds is 4. The van der Waals surface area contributed by atoms with Gasteiger partial charge < -0.3 is 4.74 Å². The van der Waals surface area contributed by atoms with E-state index in [0.29, 0.717) is 18.4 Å². The van der Waals surface area contributed by atoms with Crippen LogP contribution in [0.1, 0.15) is 44.2 Å². The van der Waals surface area contributed by atoms with Gasteiger partial charge in [-0.05, 0) is 47.9 Å². The summed E-state index contributed by atoms with van der Waals surface area (Å²) in [5.41, 5.74) is -2.56. The average molecular weight is 425 g/mol. The van der Waals surface area contributed by atoms with Gasteiger partial charge in [0, 0.05) is 5.92 Å². The van der Waals surface area contributed by atoms with Crippen molar-refractivity contribution in [3.8, 4) is 0 Å². The normalized spacial score (nSPS) is 26.3. The van der Waals surface area contributed by atoms with Crippen LogP contribution in [0.4, 0.5) is 26.3 Å². The molecule has 1 saturated carbocycles. The zero-order chi connectivity index (χ0) is 20.7. The summed E-state index contributed by atoms with van der Waals surface area (Å²) in [5, 5.41) is 0.0815. The molecule has 2 nitrogen and oxygen atoms in total. The predicted octanol–water partition coefficient (Wildman–Crippen LogP) is 5.65. The number of ether oxygens (including phenoxy) is 1. The summed E-state index contributed by atoms with van der Waals surface area (Å²) < 4.78 is 84.3. The fourth-order valence-corrected chi connectivity index (χ4v) is 5.40. The molecule has 28 heavy (non-hydrogen) atoms. The van der Waals surface area contributed by atoms with E-state index < -0.39 is 23.5 Å². The summed E-state index contributed by atoms with van der Waals surface area (Å²) in [4.78, 5) is 4.61. The number of benzene rings is 1. The van der Waals surface area contributed by atoms with E-state index in [9.17, 15) is 26.3 Å². The number of nitrogens with zero attached hydrogens (tertiary/aromatic N) is 1. The molecule has 1 aromatic rings. The third-order valence-electron chi connectivity index (χ3n) is 5.24. The van der Waals surface area contributed by atoms with E-state index in [-0.39, 0.29) is 37.6 Å². The molecule has 9 heteroatoms. The molecule has 1 aliphatic carbocycles. The van der Waals surface area contributed by atoms with Crippen molar-refractivity contribution in [1.82, 2.24) is 0 Å². The molecule has 2 aliphatic rings. The molecule has 0 bridgehead atoms. The van der Waals surface area contributed by atoms with Gasteiger partial charge in [0.05, 0.1) is 17.2 Å². The van der Waals surface area contributed by atoms with E-state index in [1.54, 1.807) is 0 Å². The number of hydrogen-bond acceptors (Lipinski definition) is 2. The molecule has 3 rings (SSSR count). The Morgan fingerprint density at radius 2 is 1.61 bits per heavy atom. The highest BCUT2D eigenvalue weighted by Crippen LogP contribution is 2.42. The van der Waals surface area contributed by atoms with E-state index in [4.69, 9.17) is 4.74 Å². The molecule has 4 unspecified atom stereocenters. The monoisotopic (exact) mass is 425 g/mol. The first-order valence-electron chi connectivity index (χ1n) is 9.21. The Kier molecular flexibility index (Phi) is 6.00. The smallest absolute Gasteiger partial charge is 0.416 e. The van der Waals surface area contributed by atoms with Crippen LogP contribution in [0.5, 0.6) is 0 Å². The molecule has 1 fully saturated rings. The molecule has 4 atom stereocenters. The third-order valence-corrected chi connectivity index (χ3v) is 6.92. The molecule has 156 valence electrons. The number of hydrogen-bond donors (Lipinski definition) is 0. The van der Waals surface area contributed by atoms with Crippen molar-refractivity contribution < 1.29 is 31.1 Å². The molecule has 0 spiro atoms. The largest absolute Gasteiger partial charge is 0.478 e. The van der Waals surface area contributed by atoms with Crippen LogP contribution in [0.3, 0.4) is 0 Å². The first-order chi connectivity index (χ1) is 12.9. The van der Waals surface area contributed by atoms with Gasteiger partial charge in [0.1, 0.15) is 6.61 Å². The summed E-state index contributed by atoms with van der Waals surface area (Å²) in [6, 6.07) is 1.93. The molecule has 1 aromatic carbocycles. The van der Waals surface area contributed by atoms with Crippen LogP contribution in [0.15, 0.2) is 23.2 Å². The van der Waals surface area contributed by atoms with Gasteiger partial charge in [-0.1, -0.05) is 28.8 Å². The molecule has 0 saturated heterocycles. The zero-order valence-corrected chi connectivity index (χ0v) is 16.5. The van der Waals surface area contributed by atoms with Crippen LogP contribution < -0.4 is 5.30 Å². The second-order valence-corrected chi connectivity index (χ2v) is 9.28. The Balaban J connectivity index is 1.85. The van der Waals surface area contributed by atoms with Crippen molar-refractivity contribution in [1.29, 1.82) is 0 Å². The van der Waals surface area contributed by atoms with Gasteiger partial charge in [0.15, 0.2) is 5.90 Å². The molecule has 1 aliphatic heterocycles. The Morgan fingerprint density at radius 3 is 2.11 bits per heavy atom. The molecule has 1 heterocycles. The van der Waals surface area contributed by atoms with Crippen molar-refractivity contribution in [3.63, 3.8) is 0 Å². The molecule has 0 radical (unpaired) electrons. The summed E-state index contributed by atoms with van der Waals surface area (Å²) in [7, 11) is -0.158. The van der Waals surface area contributed by atoms with Gasteiger partial charge in [0.2, 0.25) is 0 Å². The number of alkyl halides is 6. The quantitative estimate of drug-likeness (QED) is 0.451. The maximum atomic E-state index is 13.1. The maximum Gasteiger partial charge on any atom is 0.416 e. The van der Waals surface area contributed by atoms with Gasteiger partial charge in [-0.25, -0.2) is 4.99 Å². The van der Waals surface area contributed by atoms with Crippen molar-refractivity contribution in [3.05, 3.63) is 29.3 Å². The lowest BCUT2D eigenvalue weighted by Crippen LogP contribution is -2.23. The standard InChI is InChI=1S/C19H22F6NOP/c1-10(2)15-9-27-17(26-15)14-4-3-5-16(14)28-13-7-11(18(20,21)22)6-12(8-13)19(23,24)25/h6-8,10,14-16,28H,3-5,9H2,1-2H3. The Bertz CT molecular complexity index is 711. The van der Waals surface area contributed by atoms with E-state index in [2.05, 4.69) is 4.99 Å². The second-order valence-electron chi connectivity index (χ2n) is 7.67. The Hall–Kier alpha value is -1.30. The van der Waals surface area contributed by atoms with Gasteiger partial charge in [0.25, 0.3) is 0 Å². The van der Waals surface area contributed by atoms with Crippen LogP contribution in [-0.2, 0) is 17.1 Å². The van der Waals surface area contributed by atoms with Crippen molar-refractivity contribution in [2.24, 2.45) is 16.8 Å². The Morgan fingerprint density at radius 1 is 1.00 bits per heavy atom. The molecule has 0 N–H and O–H groups in total. The van der Waals surface area contributed by atoms with Crippen molar-refractivity contribution >= 4 is 19.8 Å². The van der Waals surface area contributed by atoms with E-state index in [0.717, 1.165) is 31.4 Å². The lowest BCUT2D eigenvalue weighted by Gasteiger charge is -2.21. The van der Waals surface area contributed by atoms with Gasteiger partial charge in [-0.3, -0.25) is 0 Å². The number of aliphatic imine (C=N–C) groups is 1. The molecular weight excluding hydrogens is 403 g/mol. The van der Waals surface area contributed by atoms with Crippen LogP contribution in [0, 0.1) is 11.8 Å². The van der Waals surface area contributed by atoms with E-state index in [1.165, 1.54) is 0 Å². The second kappa shape index (κ2) is 7.85. The fourth-order valence-electron chi connectivity index (χ4n) is 3.63. The average Bonchev–Trinajstić information content (AvgIpc) is 3.21. The van der Waals surface area contributed by atoms with Gasteiger partial charge in [-0.2, -0.15) is 26.3 Å². The Labute approximate surface area is 161 Å². The van der Waals surface area contributed by atoms with Crippen LogP contribution in [0.2, 0.25) is 0 Å². The van der Waals surface area contributed by atoms with Crippen LogP contribution >= 0.6 is 8.58 Å². The third kappa shape index (κ3) is 4.81. The number of halogens is 6. The first-order valence-corrected chi connectivity index (χ1v) is 10.3. The predicted molar refractivity (Wildman–Crippen MR) is 97.5 cm³/mol. The van der Waals surface area contributed by atoms with E-state index in [1.807, 2.05) is 13.8 Å². The minimum absolute atomic E-state index is 0.0361. The van der Waals surface area contributed by atoms with E-state index >= 15 is 0 Å². The fraction of sp³-hybridized carbons (Fsp3) is 0.632. The minimum Gasteiger partial charge on any atom is -0.478 e. The molecule has 0 aromatic heterocycles. The van der Waals surface area contributed by atoms with Crippen LogP contribution in [-0.4, -0.2) is 24.2 Å². The zero-order valence-electron chi connectivity index (χ0n) is 15.5. The summed E-state index contributed by atoms with van der Waals surface area (Å²) >= 11 is 0. The first kappa shape index (κ1) is 21.4. The summed E-state index contributed by atoms with van der Waals surface area (Å²) in [5.74, 6) is 0.903. The highest BCUT2D eigenvalue weighted by molar-refractivity contribution is 7.48. The summed E-state index contributed by atoms with van der Waals surface area (Å²) in [6.45, 7) is 4.56. The van der Waals surface area contributed by atoms with Gasteiger partial charge in [-0.15, -0.1) is 0 Å². The molecule has 0 amide bonds. The van der Waals surface area contributed by atoms with Crippen molar-refractivity contribution in [2.45, 2.75) is 57.2 Å². The maximum absolute atomic E-state index is 13.1. The highest BCUT2D eigenvalue weighted by atomic mass is 31.1. The topological polar surface area (TPSA) is 21.6 Å². The highest BCUT2D eigenvalue weighted by Gasteiger charge is 2.39. The minimum atomic E-state index is -4.82. The SMILES string of the molecule is CC(C)C1COC(C2CCCC2Pc2cc(C(F)(F)F)cc(C(F)(F)F)c2)=N1. The van der Waals surface area contributed by atoms with Crippen LogP contribution in [0.25, 0.3) is 0 Å². The molecular formula is C19H22F6NOP. The summed E-state index contributed by atoms with van der Waals surface area (Å²) in [6.07, 6.45) is -7.23. The van der Waals surface area contributed by atoms with Crippen molar-refractivity contribution in [2.75, 3.05) is 6.61 Å².